The van der Waals surface area contributed by atoms with Crippen LogP contribution in [-0.2, 0) is 38.0 Å². The Labute approximate surface area is 380 Å². The number of allylic oxidation sites excluding steroid dienone is 2. The van der Waals surface area contributed by atoms with Crippen LogP contribution in [0.15, 0.2) is 11.6 Å². The average molecular weight is 927 g/mol. The van der Waals surface area contributed by atoms with Gasteiger partial charge in [0.25, 0.3) is 0 Å². The third kappa shape index (κ3) is 7.76. The van der Waals surface area contributed by atoms with Gasteiger partial charge < -0.3 is 79.5 Å². The molecular weight excluding hydrogens is 852 g/mol. The van der Waals surface area contributed by atoms with Crippen LogP contribution in [0.2, 0.25) is 0 Å². The normalized spacial score (nSPS) is 52.7. The van der Waals surface area contributed by atoms with E-state index in [1.807, 2.05) is 0 Å². The summed E-state index contributed by atoms with van der Waals surface area (Å²) in [6.45, 7) is 14.9. The highest BCUT2D eigenvalue weighted by Crippen LogP contribution is 2.76. The van der Waals surface area contributed by atoms with E-state index in [2.05, 4.69) is 54.5 Å². The summed E-state index contributed by atoms with van der Waals surface area (Å²) in [7, 11) is 0. The number of aliphatic hydroxyl groups is 9. The first-order chi connectivity index (χ1) is 30.3. The van der Waals surface area contributed by atoms with Crippen molar-refractivity contribution in [2.75, 3.05) is 13.2 Å². The van der Waals surface area contributed by atoms with E-state index in [0.29, 0.717) is 19.3 Å². The van der Waals surface area contributed by atoms with Crippen LogP contribution in [0.25, 0.3) is 0 Å². The van der Waals surface area contributed by atoms with Gasteiger partial charge >= 0.3 is 11.9 Å². The summed E-state index contributed by atoms with van der Waals surface area (Å²) < 4.78 is 34.9. The number of aliphatic hydroxyl groups excluding tert-OH is 9. The first kappa shape index (κ1) is 49.5. The standard InChI is InChI=1S/C47H74O18/c1-42(2)14-16-47(41(59)65-39-33(55)30(52)29(51)24(19-48)61-39)17-15-45(6)21(22(47)18-42)8-9-26-44(5)12-11-27(43(3,4)25(44)10-13-46(26,45)7)62-40-34(56)31(53)35(36(64-40)37(57)58)63-38-32(54)28(50)23(49)20-60-38/h8,22-36,38-40,48-56H,9-20H2,1-7H3,(H,57,58)/t22-,23+,24+,25?,26?,27?,28+,29+,30-,31+,32+,33+,34+,35-,36-,38-,39-,40+,44-,45?,46+,47-/m0/s1. The zero-order chi connectivity index (χ0) is 47.6. The lowest BCUT2D eigenvalue weighted by molar-refractivity contribution is -0.354. The molecule has 8 aliphatic rings. The van der Waals surface area contributed by atoms with Crippen LogP contribution in [-0.4, -0.2) is 168 Å². The number of rotatable bonds is 8. The van der Waals surface area contributed by atoms with Crippen molar-refractivity contribution in [1.82, 2.24) is 0 Å². The molecule has 5 aliphatic carbocycles. The lowest BCUT2D eigenvalue weighted by Crippen LogP contribution is -2.67. The first-order valence-corrected chi connectivity index (χ1v) is 23.7. The maximum atomic E-state index is 14.6. The van der Waals surface area contributed by atoms with E-state index in [1.165, 1.54) is 5.57 Å². The Balaban J connectivity index is 1.01. The Morgan fingerprint density at radius 1 is 0.708 bits per heavy atom. The minimum atomic E-state index is -1.84. The van der Waals surface area contributed by atoms with E-state index >= 15 is 0 Å². The molecule has 0 radical (unpaired) electrons. The highest BCUT2D eigenvalue weighted by Gasteiger charge is 2.70. The number of fused-ring (bicyclic) bond motifs is 7. The molecule has 8 rings (SSSR count). The van der Waals surface area contributed by atoms with Crippen LogP contribution < -0.4 is 0 Å². The van der Waals surface area contributed by atoms with E-state index < -0.39 is 128 Å². The maximum Gasteiger partial charge on any atom is 0.335 e. The summed E-state index contributed by atoms with van der Waals surface area (Å²) in [4.78, 5) is 27.2. The van der Waals surface area contributed by atoms with Gasteiger partial charge in [-0.05, 0) is 109 Å². The zero-order valence-electron chi connectivity index (χ0n) is 38.7. The van der Waals surface area contributed by atoms with E-state index in [9.17, 15) is 60.7 Å². The number of carboxylic acid groups (broad SMARTS) is 1. The Hall–Kier alpha value is -1.88. The second-order valence-corrected chi connectivity index (χ2v) is 23.1. The van der Waals surface area contributed by atoms with Crippen molar-refractivity contribution in [3.8, 4) is 0 Å². The molecule has 18 heteroatoms. The molecular formula is C47H74O18. The van der Waals surface area contributed by atoms with Gasteiger partial charge in [-0.2, -0.15) is 0 Å². The summed E-state index contributed by atoms with van der Waals surface area (Å²) in [5.41, 5.74) is -0.801. The van der Waals surface area contributed by atoms with Crippen molar-refractivity contribution in [1.29, 1.82) is 0 Å². The van der Waals surface area contributed by atoms with E-state index in [1.54, 1.807) is 0 Å². The smallest absolute Gasteiger partial charge is 0.335 e. The number of hydrogen-bond donors (Lipinski definition) is 10. The van der Waals surface area contributed by atoms with Crippen molar-refractivity contribution in [3.05, 3.63) is 11.6 Å². The number of ether oxygens (including phenoxy) is 6. The first-order valence-electron chi connectivity index (χ1n) is 23.7. The fourth-order valence-corrected chi connectivity index (χ4v) is 14.7. The van der Waals surface area contributed by atoms with E-state index in [0.717, 1.165) is 44.9 Å². The van der Waals surface area contributed by atoms with Crippen molar-refractivity contribution in [2.45, 2.75) is 205 Å². The van der Waals surface area contributed by atoms with Gasteiger partial charge in [-0.25, -0.2) is 4.79 Å². The van der Waals surface area contributed by atoms with Crippen molar-refractivity contribution in [2.24, 2.45) is 50.2 Å². The van der Waals surface area contributed by atoms with Gasteiger partial charge in [0, 0.05) is 0 Å². The molecule has 0 aromatic rings. The van der Waals surface area contributed by atoms with Crippen LogP contribution in [0.5, 0.6) is 0 Å². The van der Waals surface area contributed by atoms with Gasteiger partial charge in [-0.15, -0.1) is 0 Å². The van der Waals surface area contributed by atoms with Crippen molar-refractivity contribution in [3.63, 3.8) is 0 Å². The minimum absolute atomic E-state index is 0.0646. The van der Waals surface area contributed by atoms with Gasteiger partial charge in [0.05, 0.1) is 24.7 Å². The summed E-state index contributed by atoms with van der Waals surface area (Å²) in [6, 6.07) is 0. The SMILES string of the molecule is CC1(C)CC[C@]2(C(=O)O[C@@H]3O[C@H](CO)[C@@H](O)[C@H](O)[C@H]3O)CCC3(C)C(=CCC4[C@@]5(C)CCC(O[C@@H]6O[C@H](C(=O)O)[C@@H](O[C@@H]7OC[C@@H](O)[C@@H](O)[C@H]7O)[C@H](O)[C@H]6O)C(C)(C)C5CC[C@]43C)[C@@H]2C1. The molecule has 3 aliphatic heterocycles. The van der Waals surface area contributed by atoms with Gasteiger partial charge in [0.2, 0.25) is 6.29 Å². The third-order valence-electron chi connectivity index (χ3n) is 18.9. The average Bonchev–Trinajstić information content (AvgIpc) is 3.24. The molecule has 65 heavy (non-hydrogen) atoms. The summed E-state index contributed by atoms with van der Waals surface area (Å²) in [5.74, 6) is -1.77. The van der Waals surface area contributed by atoms with Gasteiger partial charge in [0.15, 0.2) is 18.7 Å². The van der Waals surface area contributed by atoms with E-state index in [-0.39, 0.29) is 39.4 Å². The number of carbonyl (C=O) groups excluding carboxylic acids is 1. The Morgan fingerprint density at radius 2 is 1.37 bits per heavy atom. The molecule has 370 valence electrons. The predicted molar refractivity (Wildman–Crippen MR) is 225 cm³/mol. The largest absolute Gasteiger partial charge is 0.479 e. The van der Waals surface area contributed by atoms with Gasteiger partial charge in [-0.1, -0.05) is 60.1 Å². The van der Waals surface area contributed by atoms with Gasteiger partial charge in [-0.3, -0.25) is 4.79 Å². The van der Waals surface area contributed by atoms with Crippen LogP contribution in [0.1, 0.15) is 113 Å². The molecule has 0 amide bonds. The number of carbonyl (C=O) groups is 2. The lowest BCUT2D eigenvalue weighted by Gasteiger charge is -2.71. The highest BCUT2D eigenvalue weighted by molar-refractivity contribution is 5.79. The topological polar surface area (TPSA) is 292 Å². The van der Waals surface area contributed by atoms with Crippen LogP contribution in [0, 0.1) is 50.2 Å². The fraction of sp³-hybridized carbons (Fsp3) is 0.915. The summed E-state index contributed by atoms with van der Waals surface area (Å²) in [6.07, 6.45) is -13.6. The summed E-state index contributed by atoms with van der Waals surface area (Å²) >= 11 is 0. The molecule has 4 saturated carbocycles. The molecule has 10 N–H and O–H groups in total. The predicted octanol–water partition coefficient (Wildman–Crippen LogP) is 0.872. The molecule has 7 fully saturated rings. The molecule has 18 nitrogen and oxygen atoms in total. The molecule has 3 heterocycles. The van der Waals surface area contributed by atoms with Crippen molar-refractivity contribution < 1.29 is 89.1 Å². The van der Waals surface area contributed by atoms with Crippen LogP contribution in [0.4, 0.5) is 0 Å². The molecule has 0 spiro atoms. The Morgan fingerprint density at radius 3 is 2.05 bits per heavy atom. The zero-order valence-corrected chi connectivity index (χ0v) is 38.7. The monoisotopic (exact) mass is 926 g/mol. The molecule has 22 atom stereocenters. The molecule has 3 saturated heterocycles. The van der Waals surface area contributed by atoms with Crippen molar-refractivity contribution >= 4 is 11.9 Å². The molecule has 0 aromatic carbocycles. The Bertz CT molecular complexity index is 1820. The van der Waals surface area contributed by atoms with E-state index in [4.69, 9.17) is 28.4 Å². The number of esters is 1. The number of hydrogen-bond acceptors (Lipinski definition) is 17. The minimum Gasteiger partial charge on any atom is -0.479 e. The summed E-state index contributed by atoms with van der Waals surface area (Å²) in [5, 5.41) is 105. The lowest BCUT2D eigenvalue weighted by atomic mass is 9.33. The molecule has 4 unspecified atom stereocenters. The number of aliphatic carboxylic acids is 1. The van der Waals surface area contributed by atoms with Gasteiger partial charge in [0.1, 0.15) is 61.0 Å². The Kier molecular flexibility index (Phi) is 13.1. The highest BCUT2D eigenvalue weighted by atomic mass is 16.7. The maximum absolute atomic E-state index is 14.6. The number of carboxylic acids is 1. The molecule has 0 bridgehead atoms. The second kappa shape index (κ2) is 17.2. The van der Waals surface area contributed by atoms with Crippen LogP contribution in [0.3, 0.4) is 0 Å². The quantitative estimate of drug-likeness (QED) is 0.0918. The second-order valence-electron chi connectivity index (χ2n) is 23.1. The third-order valence-corrected chi connectivity index (χ3v) is 18.9. The molecule has 0 aromatic heterocycles. The van der Waals surface area contributed by atoms with Crippen LogP contribution >= 0.6 is 0 Å². The fourth-order valence-electron chi connectivity index (χ4n) is 14.7.